The van der Waals surface area contributed by atoms with Crippen molar-refractivity contribution in [2.45, 2.75) is 32.9 Å². The fourth-order valence-electron chi connectivity index (χ4n) is 4.43. The molecule has 0 radical (unpaired) electrons. The molecule has 0 saturated heterocycles. The van der Waals surface area contributed by atoms with Gasteiger partial charge >= 0.3 is 0 Å². The third kappa shape index (κ3) is 5.54. The van der Waals surface area contributed by atoms with Crippen molar-refractivity contribution in [2.75, 3.05) is 27.8 Å². The van der Waals surface area contributed by atoms with Gasteiger partial charge < -0.3 is 9.47 Å². The van der Waals surface area contributed by atoms with E-state index in [9.17, 15) is 4.79 Å². The van der Waals surface area contributed by atoms with E-state index in [1.54, 1.807) is 19.2 Å². The molecule has 1 aliphatic rings. The van der Waals surface area contributed by atoms with Crippen LogP contribution in [-0.4, -0.2) is 49.3 Å². The van der Waals surface area contributed by atoms with E-state index in [0.717, 1.165) is 22.4 Å². The van der Waals surface area contributed by atoms with Gasteiger partial charge in [-0.05, 0) is 61.3 Å². The third-order valence-electron chi connectivity index (χ3n) is 6.51. The highest BCUT2D eigenvalue weighted by Gasteiger charge is 2.35. The van der Waals surface area contributed by atoms with Gasteiger partial charge in [0.25, 0.3) is 5.91 Å². The van der Waals surface area contributed by atoms with Crippen molar-refractivity contribution < 1.29 is 14.3 Å². The molecule has 0 unspecified atom stereocenters. The van der Waals surface area contributed by atoms with Crippen LogP contribution in [0.4, 0.5) is 0 Å². The predicted octanol–water partition coefficient (Wildman–Crippen LogP) is 5.13. The van der Waals surface area contributed by atoms with Gasteiger partial charge in [0.15, 0.2) is 0 Å². The number of methoxy groups -OCH3 is 2. The topological polar surface area (TPSA) is 54.4 Å². The largest absolute Gasteiger partial charge is 0.497 e. The molecule has 0 fully saturated rings. The second kappa shape index (κ2) is 10.7. The van der Waals surface area contributed by atoms with E-state index in [2.05, 4.69) is 44.2 Å². The Labute approximate surface area is 207 Å². The number of benzene rings is 3. The molecule has 4 rings (SSSR count). The highest BCUT2D eigenvalue weighted by molar-refractivity contribution is 6.03. The highest BCUT2D eigenvalue weighted by Crippen LogP contribution is 2.39. The number of amides is 1. The van der Waals surface area contributed by atoms with Crippen molar-refractivity contribution in [2.24, 2.45) is 5.10 Å². The fourth-order valence-corrected chi connectivity index (χ4v) is 4.43. The molecule has 0 aliphatic carbocycles. The average molecular weight is 472 g/mol. The molecule has 1 amide bonds. The number of likely N-dealkylation sites (N-methyl/N-ethyl adjacent to an activating group) is 1. The van der Waals surface area contributed by atoms with E-state index in [1.165, 1.54) is 11.1 Å². The van der Waals surface area contributed by atoms with Gasteiger partial charge in [-0.3, -0.25) is 9.69 Å². The summed E-state index contributed by atoms with van der Waals surface area (Å²) in [6, 6.07) is 21.9. The summed E-state index contributed by atoms with van der Waals surface area (Å²) in [6.45, 7) is 5.14. The minimum absolute atomic E-state index is 0.0508. The second-order valence-corrected chi connectivity index (χ2v) is 9.07. The molecule has 35 heavy (non-hydrogen) atoms. The molecule has 1 aliphatic heterocycles. The lowest BCUT2D eigenvalue weighted by molar-refractivity contribution is -0.134. The summed E-state index contributed by atoms with van der Waals surface area (Å²) in [6.07, 6.45) is 0.610. The number of carbonyl (C=O) groups is 1. The molecule has 0 N–H and O–H groups in total. The molecule has 1 heterocycles. The Bertz CT molecular complexity index is 1220. The minimum Gasteiger partial charge on any atom is -0.497 e. The maximum atomic E-state index is 13.6. The second-order valence-electron chi connectivity index (χ2n) is 9.07. The van der Waals surface area contributed by atoms with Gasteiger partial charge in [0.05, 0.1) is 32.5 Å². The molecule has 1 atom stereocenters. The molecule has 6 heteroatoms. The maximum Gasteiger partial charge on any atom is 0.257 e. The van der Waals surface area contributed by atoms with Crippen molar-refractivity contribution in [1.29, 1.82) is 0 Å². The summed E-state index contributed by atoms with van der Waals surface area (Å²) in [5.74, 6) is 1.34. The standard InChI is InChI=1S/C29H33N3O3/c1-20-11-12-23(15-21(20)2)26-17-27(25-14-13-24(34-4)16-28(25)35-5)32(30-26)29(33)19-31(3)18-22-9-7-6-8-10-22/h6-16,27H,17-19H2,1-5H3/t27-/m1/s1. The average Bonchev–Trinajstić information content (AvgIpc) is 3.31. The van der Waals surface area contributed by atoms with Crippen LogP contribution in [-0.2, 0) is 11.3 Å². The monoisotopic (exact) mass is 471 g/mol. The first kappa shape index (κ1) is 24.5. The van der Waals surface area contributed by atoms with Crippen molar-refractivity contribution >= 4 is 11.6 Å². The van der Waals surface area contributed by atoms with E-state index in [1.807, 2.05) is 48.3 Å². The third-order valence-corrected chi connectivity index (χ3v) is 6.51. The van der Waals surface area contributed by atoms with Gasteiger partial charge in [0.1, 0.15) is 11.5 Å². The van der Waals surface area contributed by atoms with Gasteiger partial charge in [-0.1, -0.05) is 42.5 Å². The molecule has 3 aromatic rings. The van der Waals surface area contributed by atoms with E-state index < -0.39 is 0 Å². The van der Waals surface area contributed by atoms with Crippen LogP contribution in [0.25, 0.3) is 0 Å². The van der Waals surface area contributed by atoms with Gasteiger partial charge in [-0.2, -0.15) is 5.10 Å². The van der Waals surface area contributed by atoms with Crippen molar-refractivity contribution in [1.82, 2.24) is 9.91 Å². The molecule has 0 bridgehead atoms. The van der Waals surface area contributed by atoms with Crippen molar-refractivity contribution in [3.8, 4) is 11.5 Å². The summed E-state index contributed by atoms with van der Waals surface area (Å²) >= 11 is 0. The molecule has 182 valence electrons. The van der Waals surface area contributed by atoms with E-state index in [-0.39, 0.29) is 18.5 Å². The first-order valence-electron chi connectivity index (χ1n) is 11.8. The Morgan fingerprint density at radius 1 is 1.00 bits per heavy atom. The summed E-state index contributed by atoms with van der Waals surface area (Å²) in [5, 5.41) is 6.49. The Kier molecular flexibility index (Phi) is 7.51. The van der Waals surface area contributed by atoms with E-state index in [0.29, 0.717) is 24.5 Å². The highest BCUT2D eigenvalue weighted by atomic mass is 16.5. The Balaban J connectivity index is 1.64. The zero-order chi connectivity index (χ0) is 24.9. The van der Waals surface area contributed by atoms with Crippen molar-refractivity contribution in [3.05, 3.63) is 94.5 Å². The SMILES string of the molecule is COc1ccc([C@H]2CC(c3ccc(C)c(C)c3)=NN2C(=O)CN(C)Cc2ccccc2)c(OC)c1. The zero-order valence-corrected chi connectivity index (χ0v) is 21.1. The minimum atomic E-state index is -0.259. The number of rotatable bonds is 8. The lowest BCUT2D eigenvalue weighted by Crippen LogP contribution is -2.36. The first-order valence-corrected chi connectivity index (χ1v) is 11.8. The molecule has 0 spiro atoms. The molecule has 0 saturated carbocycles. The number of carbonyl (C=O) groups excluding carboxylic acids is 1. The van der Waals surface area contributed by atoms with Crippen LogP contribution in [0.3, 0.4) is 0 Å². The molecule has 3 aromatic carbocycles. The number of hydrazone groups is 1. The smallest absolute Gasteiger partial charge is 0.257 e. The van der Waals surface area contributed by atoms with Gasteiger partial charge in [-0.15, -0.1) is 0 Å². The molecule has 6 nitrogen and oxygen atoms in total. The molecule has 0 aromatic heterocycles. The Morgan fingerprint density at radius 2 is 1.77 bits per heavy atom. The quantitative estimate of drug-likeness (QED) is 0.457. The van der Waals surface area contributed by atoms with Gasteiger partial charge in [0.2, 0.25) is 0 Å². The first-order chi connectivity index (χ1) is 16.9. The zero-order valence-electron chi connectivity index (χ0n) is 21.1. The Morgan fingerprint density at radius 3 is 2.46 bits per heavy atom. The normalized spacial score (nSPS) is 15.3. The Hall–Kier alpha value is -3.64. The van der Waals surface area contributed by atoms with E-state index >= 15 is 0 Å². The summed E-state index contributed by atoms with van der Waals surface area (Å²) < 4.78 is 11.1. The number of hydrogen-bond donors (Lipinski definition) is 0. The van der Waals surface area contributed by atoms with Crippen LogP contribution in [0.5, 0.6) is 11.5 Å². The number of nitrogens with zero attached hydrogens (tertiary/aromatic N) is 3. The van der Waals surface area contributed by atoms with Gasteiger partial charge in [0, 0.05) is 24.6 Å². The molecular weight excluding hydrogens is 438 g/mol. The number of ether oxygens (including phenoxy) is 2. The predicted molar refractivity (Wildman–Crippen MR) is 139 cm³/mol. The van der Waals surface area contributed by atoms with Crippen LogP contribution >= 0.6 is 0 Å². The van der Waals surface area contributed by atoms with Crippen LogP contribution in [0, 0.1) is 13.8 Å². The lowest BCUT2D eigenvalue weighted by atomic mass is 9.96. The van der Waals surface area contributed by atoms with Crippen LogP contribution in [0.2, 0.25) is 0 Å². The molecular formula is C29H33N3O3. The van der Waals surface area contributed by atoms with Crippen LogP contribution in [0.15, 0.2) is 71.8 Å². The summed E-state index contributed by atoms with van der Waals surface area (Å²) in [5.41, 5.74) is 6.45. The van der Waals surface area contributed by atoms with Gasteiger partial charge in [-0.25, -0.2) is 5.01 Å². The van der Waals surface area contributed by atoms with Crippen LogP contribution in [0.1, 0.15) is 40.3 Å². The number of hydrogen-bond acceptors (Lipinski definition) is 5. The summed E-state index contributed by atoms with van der Waals surface area (Å²) in [4.78, 5) is 15.6. The number of aryl methyl sites for hydroxylation is 2. The maximum absolute atomic E-state index is 13.6. The van der Waals surface area contributed by atoms with Crippen molar-refractivity contribution in [3.63, 3.8) is 0 Å². The fraction of sp³-hybridized carbons (Fsp3) is 0.310. The van der Waals surface area contributed by atoms with E-state index in [4.69, 9.17) is 14.6 Å². The summed E-state index contributed by atoms with van der Waals surface area (Å²) in [7, 11) is 5.22. The van der Waals surface area contributed by atoms with Crippen LogP contribution < -0.4 is 9.47 Å². The lowest BCUT2D eigenvalue weighted by Gasteiger charge is -2.26.